The lowest BCUT2D eigenvalue weighted by Crippen LogP contribution is -2.05. The molecule has 2 aromatic carbocycles. The zero-order valence-electron chi connectivity index (χ0n) is 11.6. The predicted molar refractivity (Wildman–Crippen MR) is 89.3 cm³/mol. The number of nitrogens with zero attached hydrogens (tertiary/aromatic N) is 1. The van der Waals surface area contributed by atoms with Gasteiger partial charge in [0.25, 0.3) is 0 Å². The summed E-state index contributed by atoms with van der Waals surface area (Å²) in [5.41, 5.74) is 1.87. The molecule has 0 fully saturated rings. The van der Waals surface area contributed by atoms with Crippen molar-refractivity contribution in [2.24, 2.45) is 0 Å². The molecule has 21 heavy (non-hydrogen) atoms. The fraction of sp³-hybridized carbons (Fsp3) is 0.200. The fourth-order valence-corrected chi connectivity index (χ4v) is 2.20. The highest BCUT2D eigenvalue weighted by atomic mass is 79.9. The zero-order valence-corrected chi connectivity index (χ0v) is 13.2. The van der Waals surface area contributed by atoms with Gasteiger partial charge in [0.2, 0.25) is 0 Å². The standard InChI is InChI=1S/C15H16BrN3O2/c1-2-10-17-13-4-3-5-14(15(13)19(20)21)18-12-8-6-11(16)7-9-12/h3-9,17-18H,2,10H2,1H3. The largest absolute Gasteiger partial charge is 0.379 e. The molecule has 0 saturated heterocycles. The molecule has 2 rings (SSSR count). The first-order chi connectivity index (χ1) is 10.1. The van der Waals surface area contributed by atoms with Gasteiger partial charge in [-0.2, -0.15) is 0 Å². The van der Waals surface area contributed by atoms with E-state index in [1.54, 1.807) is 18.2 Å². The second-order valence-electron chi connectivity index (χ2n) is 4.52. The van der Waals surface area contributed by atoms with Gasteiger partial charge in [-0.25, -0.2) is 0 Å². The van der Waals surface area contributed by atoms with Crippen molar-refractivity contribution >= 4 is 38.7 Å². The van der Waals surface area contributed by atoms with E-state index in [0.717, 1.165) is 16.6 Å². The maximum absolute atomic E-state index is 11.4. The Morgan fingerprint density at radius 1 is 1.14 bits per heavy atom. The van der Waals surface area contributed by atoms with Crippen LogP contribution in [0.5, 0.6) is 0 Å². The average molecular weight is 350 g/mol. The molecule has 0 atom stereocenters. The van der Waals surface area contributed by atoms with Gasteiger partial charge in [-0.05, 0) is 42.8 Å². The summed E-state index contributed by atoms with van der Waals surface area (Å²) in [6, 6.07) is 12.7. The van der Waals surface area contributed by atoms with Crippen molar-refractivity contribution in [3.8, 4) is 0 Å². The predicted octanol–water partition coefficient (Wildman–Crippen LogP) is 4.92. The van der Waals surface area contributed by atoms with Crippen LogP contribution in [-0.4, -0.2) is 11.5 Å². The third-order valence-electron chi connectivity index (χ3n) is 2.91. The van der Waals surface area contributed by atoms with Gasteiger partial charge in [-0.3, -0.25) is 10.1 Å². The molecule has 0 radical (unpaired) electrons. The van der Waals surface area contributed by atoms with E-state index in [0.29, 0.717) is 17.9 Å². The van der Waals surface area contributed by atoms with Crippen LogP contribution in [0.3, 0.4) is 0 Å². The number of halogens is 1. The first-order valence-corrected chi connectivity index (χ1v) is 7.45. The summed E-state index contributed by atoms with van der Waals surface area (Å²) in [5.74, 6) is 0. The van der Waals surface area contributed by atoms with Crippen molar-refractivity contribution in [1.29, 1.82) is 0 Å². The van der Waals surface area contributed by atoms with E-state index in [-0.39, 0.29) is 10.6 Å². The summed E-state index contributed by atoms with van der Waals surface area (Å²) >= 11 is 3.36. The summed E-state index contributed by atoms with van der Waals surface area (Å²) in [6.45, 7) is 2.71. The highest BCUT2D eigenvalue weighted by Crippen LogP contribution is 2.34. The molecule has 0 aliphatic carbocycles. The Morgan fingerprint density at radius 3 is 2.43 bits per heavy atom. The SMILES string of the molecule is CCCNc1cccc(Nc2ccc(Br)cc2)c1[N+](=O)[O-]. The van der Waals surface area contributed by atoms with E-state index in [9.17, 15) is 10.1 Å². The minimum atomic E-state index is -0.362. The molecule has 0 aromatic heterocycles. The first-order valence-electron chi connectivity index (χ1n) is 6.65. The van der Waals surface area contributed by atoms with Crippen molar-refractivity contribution < 1.29 is 4.92 Å². The molecular formula is C15H16BrN3O2. The molecule has 2 aromatic rings. The van der Waals surface area contributed by atoms with Gasteiger partial charge in [0, 0.05) is 16.7 Å². The Hall–Kier alpha value is -2.08. The molecular weight excluding hydrogens is 334 g/mol. The van der Waals surface area contributed by atoms with Crippen molar-refractivity contribution in [2.75, 3.05) is 17.2 Å². The zero-order chi connectivity index (χ0) is 15.2. The molecule has 0 aliphatic rings. The second-order valence-corrected chi connectivity index (χ2v) is 5.43. The lowest BCUT2D eigenvalue weighted by Gasteiger charge is -2.11. The molecule has 110 valence electrons. The number of nitro benzene ring substituents is 1. The number of anilines is 3. The molecule has 0 spiro atoms. The summed E-state index contributed by atoms with van der Waals surface area (Å²) in [7, 11) is 0. The van der Waals surface area contributed by atoms with Crippen LogP contribution < -0.4 is 10.6 Å². The lowest BCUT2D eigenvalue weighted by atomic mass is 10.2. The highest BCUT2D eigenvalue weighted by Gasteiger charge is 2.19. The number of benzene rings is 2. The smallest absolute Gasteiger partial charge is 0.315 e. The molecule has 0 heterocycles. The normalized spacial score (nSPS) is 10.2. The minimum Gasteiger partial charge on any atom is -0.379 e. The van der Waals surface area contributed by atoms with Gasteiger partial charge in [0.05, 0.1) is 4.92 Å². The van der Waals surface area contributed by atoms with E-state index in [2.05, 4.69) is 26.6 Å². The molecule has 6 heteroatoms. The third-order valence-corrected chi connectivity index (χ3v) is 3.44. The van der Waals surface area contributed by atoms with E-state index >= 15 is 0 Å². The number of hydrogen-bond acceptors (Lipinski definition) is 4. The second kappa shape index (κ2) is 7.08. The van der Waals surface area contributed by atoms with Crippen LogP contribution in [0.15, 0.2) is 46.9 Å². The maximum atomic E-state index is 11.4. The van der Waals surface area contributed by atoms with Gasteiger partial charge in [-0.15, -0.1) is 0 Å². The van der Waals surface area contributed by atoms with Crippen LogP contribution in [0.25, 0.3) is 0 Å². The van der Waals surface area contributed by atoms with Crippen molar-refractivity contribution in [2.45, 2.75) is 13.3 Å². The van der Waals surface area contributed by atoms with E-state index in [4.69, 9.17) is 0 Å². The average Bonchev–Trinajstić information content (AvgIpc) is 2.47. The summed E-state index contributed by atoms with van der Waals surface area (Å²) in [6.07, 6.45) is 0.904. The Balaban J connectivity index is 2.33. The third kappa shape index (κ3) is 3.95. The molecule has 0 aliphatic heterocycles. The molecule has 0 saturated carbocycles. The summed E-state index contributed by atoms with van der Waals surface area (Å²) < 4.78 is 0.959. The highest BCUT2D eigenvalue weighted by molar-refractivity contribution is 9.10. The van der Waals surface area contributed by atoms with E-state index in [1.165, 1.54) is 0 Å². The van der Waals surface area contributed by atoms with Crippen LogP contribution in [0.1, 0.15) is 13.3 Å². The summed E-state index contributed by atoms with van der Waals surface area (Å²) in [4.78, 5) is 11.0. The minimum absolute atomic E-state index is 0.0638. The quantitative estimate of drug-likeness (QED) is 0.573. The van der Waals surface area contributed by atoms with Crippen LogP contribution >= 0.6 is 15.9 Å². The first kappa shape index (κ1) is 15.3. The Bertz CT molecular complexity index is 629. The number of rotatable bonds is 6. The molecule has 0 unspecified atom stereocenters. The lowest BCUT2D eigenvalue weighted by molar-refractivity contribution is -0.383. The van der Waals surface area contributed by atoms with Gasteiger partial charge < -0.3 is 10.6 Å². The van der Waals surface area contributed by atoms with Gasteiger partial charge >= 0.3 is 5.69 Å². The molecule has 0 amide bonds. The van der Waals surface area contributed by atoms with E-state index < -0.39 is 0 Å². The van der Waals surface area contributed by atoms with Crippen molar-refractivity contribution in [3.05, 3.63) is 57.1 Å². The number of nitro groups is 1. The number of nitrogens with one attached hydrogen (secondary N) is 2. The van der Waals surface area contributed by atoms with Crippen LogP contribution in [0.4, 0.5) is 22.7 Å². The van der Waals surface area contributed by atoms with Gasteiger partial charge in [-0.1, -0.05) is 28.9 Å². The molecule has 2 N–H and O–H groups in total. The fourth-order valence-electron chi connectivity index (χ4n) is 1.93. The number of para-hydroxylation sites is 1. The Morgan fingerprint density at radius 2 is 1.81 bits per heavy atom. The van der Waals surface area contributed by atoms with E-state index in [1.807, 2.05) is 31.2 Å². The Labute approximate surface area is 131 Å². The van der Waals surface area contributed by atoms with Crippen LogP contribution in [0.2, 0.25) is 0 Å². The molecule has 5 nitrogen and oxygen atoms in total. The van der Waals surface area contributed by atoms with Crippen LogP contribution in [0, 0.1) is 10.1 Å². The van der Waals surface area contributed by atoms with Crippen LogP contribution in [-0.2, 0) is 0 Å². The molecule has 0 bridgehead atoms. The Kier molecular flexibility index (Phi) is 5.16. The number of hydrogen-bond donors (Lipinski definition) is 2. The van der Waals surface area contributed by atoms with Gasteiger partial charge in [0.15, 0.2) is 0 Å². The van der Waals surface area contributed by atoms with Crippen molar-refractivity contribution in [1.82, 2.24) is 0 Å². The van der Waals surface area contributed by atoms with Crippen molar-refractivity contribution in [3.63, 3.8) is 0 Å². The monoisotopic (exact) mass is 349 g/mol. The summed E-state index contributed by atoms with van der Waals surface area (Å²) in [5, 5.41) is 17.6. The van der Waals surface area contributed by atoms with Gasteiger partial charge in [0.1, 0.15) is 11.4 Å². The maximum Gasteiger partial charge on any atom is 0.315 e. The topological polar surface area (TPSA) is 67.2 Å².